The van der Waals surface area contributed by atoms with Gasteiger partial charge in [-0.25, -0.2) is 0 Å². The molecule has 0 saturated carbocycles. The Hall–Kier alpha value is 0.160. The molecular formula is C11H23ClN2O2S. The molecule has 0 aromatic carbocycles. The fourth-order valence-corrected chi connectivity index (χ4v) is 3.82. The maximum atomic E-state index is 12.3. The highest BCUT2D eigenvalue weighted by Gasteiger charge is 2.31. The second-order valence-electron chi connectivity index (χ2n) is 4.70. The zero-order chi connectivity index (χ0) is 12.9. The third kappa shape index (κ3) is 4.09. The molecule has 1 aliphatic rings. The van der Waals surface area contributed by atoms with Gasteiger partial charge in [-0.15, -0.1) is 11.6 Å². The second-order valence-corrected chi connectivity index (χ2v) is 7.05. The van der Waals surface area contributed by atoms with Gasteiger partial charge in [0.05, 0.1) is 0 Å². The van der Waals surface area contributed by atoms with Crippen LogP contribution in [0.25, 0.3) is 0 Å². The van der Waals surface area contributed by atoms with Gasteiger partial charge in [0.15, 0.2) is 0 Å². The maximum absolute atomic E-state index is 12.3. The Labute approximate surface area is 110 Å². The highest BCUT2D eigenvalue weighted by atomic mass is 35.5. The molecule has 0 radical (unpaired) electrons. The standard InChI is InChI=1S/C11H23ClN2O2S/c1-3-4-7-13(2)17(15,16)14-8-5-6-11(9-12)10-14/h11H,3-10H2,1-2H3. The van der Waals surface area contributed by atoms with Gasteiger partial charge in [0, 0.05) is 32.6 Å². The van der Waals surface area contributed by atoms with E-state index in [-0.39, 0.29) is 0 Å². The fourth-order valence-electron chi connectivity index (χ4n) is 2.06. The Morgan fingerprint density at radius 2 is 2.18 bits per heavy atom. The van der Waals surface area contributed by atoms with Gasteiger partial charge >= 0.3 is 0 Å². The minimum absolute atomic E-state index is 0.305. The molecule has 0 aromatic rings. The van der Waals surface area contributed by atoms with Crippen LogP contribution in [0, 0.1) is 5.92 Å². The van der Waals surface area contributed by atoms with E-state index in [1.54, 1.807) is 11.4 Å². The molecule has 0 aromatic heterocycles. The largest absolute Gasteiger partial charge is 0.281 e. The molecule has 0 N–H and O–H groups in total. The summed E-state index contributed by atoms with van der Waals surface area (Å²) in [6.45, 7) is 3.86. The highest BCUT2D eigenvalue weighted by molar-refractivity contribution is 7.86. The summed E-state index contributed by atoms with van der Waals surface area (Å²) >= 11 is 5.82. The molecule has 1 unspecified atom stereocenters. The summed E-state index contributed by atoms with van der Waals surface area (Å²) in [6.07, 6.45) is 3.86. The van der Waals surface area contributed by atoms with Crippen LogP contribution in [0.1, 0.15) is 32.6 Å². The molecule has 4 nitrogen and oxygen atoms in total. The average molecular weight is 283 g/mol. The van der Waals surface area contributed by atoms with Gasteiger partial charge in [0.2, 0.25) is 0 Å². The third-order valence-electron chi connectivity index (χ3n) is 3.25. The predicted octanol–water partition coefficient (Wildman–Crippen LogP) is 1.91. The summed E-state index contributed by atoms with van der Waals surface area (Å²) < 4.78 is 27.6. The van der Waals surface area contributed by atoms with Crippen molar-refractivity contribution in [2.75, 3.05) is 32.6 Å². The molecule has 0 aliphatic carbocycles. The van der Waals surface area contributed by atoms with E-state index < -0.39 is 10.2 Å². The monoisotopic (exact) mass is 282 g/mol. The number of piperidine rings is 1. The zero-order valence-corrected chi connectivity index (χ0v) is 12.3. The maximum Gasteiger partial charge on any atom is 0.281 e. The van der Waals surface area contributed by atoms with E-state index in [1.165, 1.54) is 4.31 Å². The summed E-state index contributed by atoms with van der Waals surface area (Å²) in [5, 5.41) is 0. The minimum atomic E-state index is -3.27. The summed E-state index contributed by atoms with van der Waals surface area (Å²) in [6, 6.07) is 0. The van der Waals surface area contributed by atoms with Crippen molar-refractivity contribution in [2.24, 2.45) is 5.92 Å². The van der Waals surface area contributed by atoms with Crippen LogP contribution in [-0.2, 0) is 10.2 Å². The normalized spacial score (nSPS) is 23.2. The van der Waals surface area contributed by atoms with E-state index in [2.05, 4.69) is 6.92 Å². The van der Waals surface area contributed by atoms with Gasteiger partial charge < -0.3 is 0 Å². The van der Waals surface area contributed by atoms with Gasteiger partial charge in [-0.05, 0) is 25.2 Å². The van der Waals surface area contributed by atoms with Crippen molar-refractivity contribution < 1.29 is 8.42 Å². The molecule has 1 aliphatic heterocycles. The van der Waals surface area contributed by atoms with Gasteiger partial charge in [-0.3, -0.25) is 0 Å². The van der Waals surface area contributed by atoms with Gasteiger partial charge in [-0.1, -0.05) is 13.3 Å². The van der Waals surface area contributed by atoms with Crippen molar-refractivity contribution in [3.8, 4) is 0 Å². The fraction of sp³-hybridized carbons (Fsp3) is 1.00. The van der Waals surface area contributed by atoms with E-state index in [0.29, 0.717) is 31.4 Å². The average Bonchev–Trinajstić information content (AvgIpc) is 2.35. The number of alkyl halides is 1. The summed E-state index contributed by atoms with van der Waals surface area (Å²) in [5.41, 5.74) is 0. The molecule has 1 saturated heterocycles. The van der Waals surface area contributed by atoms with Crippen molar-refractivity contribution >= 4 is 21.8 Å². The molecule has 102 valence electrons. The summed E-state index contributed by atoms with van der Waals surface area (Å²) in [7, 11) is -1.61. The number of halogens is 1. The van der Waals surface area contributed by atoms with E-state index in [9.17, 15) is 8.42 Å². The third-order valence-corrected chi connectivity index (χ3v) is 5.64. The van der Waals surface area contributed by atoms with Gasteiger partial charge in [-0.2, -0.15) is 17.0 Å². The van der Waals surface area contributed by atoms with Gasteiger partial charge in [0.25, 0.3) is 10.2 Å². The Balaban J connectivity index is 2.62. The van der Waals surface area contributed by atoms with E-state index in [4.69, 9.17) is 11.6 Å². The smallest absolute Gasteiger partial charge is 0.195 e. The molecule has 0 spiro atoms. The van der Waals surface area contributed by atoms with Crippen LogP contribution in [0.15, 0.2) is 0 Å². The Bertz CT molecular complexity index is 321. The van der Waals surface area contributed by atoms with Crippen molar-refractivity contribution in [1.82, 2.24) is 8.61 Å². The molecule has 1 atom stereocenters. The number of hydrogen-bond acceptors (Lipinski definition) is 2. The number of hydrogen-bond donors (Lipinski definition) is 0. The van der Waals surface area contributed by atoms with E-state index in [0.717, 1.165) is 25.7 Å². The van der Waals surface area contributed by atoms with Crippen LogP contribution in [0.4, 0.5) is 0 Å². The lowest BCUT2D eigenvalue weighted by molar-refractivity contribution is 0.265. The molecule has 0 amide bonds. The minimum Gasteiger partial charge on any atom is -0.195 e. The van der Waals surface area contributed by atoms with E-state index in [1.807, 2.05) is 0 Å². The lowest BCUT2D eigenvalue weighted by Gasteiger charge is -2.33. The first-order valence-electron chi connectivity index (χ1n) is 6.29. The quantitative estimate of drug-likeness (QED) is 0.699. The highest BCUT2D eigenvalue weighted by Crippen LogP contribution is 2.21. The van der Waals surface area contributed by atoms with Crippen molar-refractivity contribution in [1.29, 1.82) is 0 Å². The van der Waals surface area contributed by atoms with Crippen LogP contribution in [0.5, 0.6) is 0 Å². The lowest BCUT2D eigenvalue weighted by atomic mass is 10.0. The lowest BCUT2D eigenvalue weighted by Crippen LogP contribution is -2.47. The first-order valence-corrected chi connectivity index (χ1v) is 8.22. The van der Waals surface area contributed by atoms with Crippen LogP contribution >= 0.6 is 11.6 Å². The molecule has 17 heavy (non-hydrogen) atoms. The first kappa shape index (κ1) is 15.2. The Kier molecular flexibility index (Phi) is 6.20. The molecule has 1 fully saturated rings. The predicted molar refractivity (Wildman–Crippen MR) is 71.5 cm³/mol. The van der Waals surface area contributed by atoms with Gasteiger partial charge in [0.1, 0.15) is 0 Å². The molecule has 1 rings (SSSR count). The van der Waals surface area contributed by atoms with Crippen molar-refractivity contribution in [3.05, 3.63) is 0 Å². The topological polar surface area (TPSA) is 40.6 Å². The summed E-state index contributed by atoms with van der Waals surface area (Å²) in [4.78, 5) is 0. The van der Waals surface area contributed by atoms with Crippen molar-refractivity contribution in [2.45, 2.75) is 32.6 Å². The number of rotatable bonds is 6. The molecule has 0 bridgehead atoms. The van der Waals surface area contributed by atoms with Crippen LogP contribution in [-0.4, -0.2) is 49.6 Å². The number of unbranched alkanes of at least 4 members (excludes halogenated alkanes) is 1. The SMILES string of the molecule is CCCCN(C)S(=O)(=O)N1CCCC(CCl)C1. The van der Waals surface area contributed by atoms with Crippen molar-refractivity contribution in [3.63, 3.8) is 0 Å². The molecule has 1 heterocycles. The second kappa shape index (κ2) is 6.92. The summed E-state index contributed by atoms with van der Waals surface area (Å²) in [5.74, 6) is 0.852. The number of nitrogens with zero attached hydrogens (tertiary/aromatic N) is 2. The van der Waals surface area contributed by atoms with Crippen LogP contribution < -0.4 is 0 Å². The van der Waals surface area contributed by atoms with Crippen LogP contribution in [0.2, 0.25) is 0 Å². The first-order chi connectivity index (χ1) is 8.02. The van der Waals surface area contributed by atoms with E-state index >= 15 is 0 Å². The Morgan fingerprint density at radius 1 is 1.47 bits per heavy atom. The molecular weight excluding hydrogens is 260 g/mol. The zero-order valence-electron chi connectivity index (χ0n) is 10.7. The van der Waals surface area contributed by atoms with Crippen LogP contribution in [0.3, 0.4) is 0 Å². The Morgan fingerprint density at radius 3 is 2.76 bits per heavy atom. The molecule has 6 heteroatoms.